The molecule has 84 valence electrons. The summed E-state index contributed by atoms with van der Waals surface area (Å²) in [5, 5.41) is 3.55. The van der Waals surface area contributed by atoms with Crippen LogP contribution in [0.5, 0.6) is 0 Å². The van der Waals surface area contributed by atoms with Crippen LogP contribution in [0.4, 0.5) is 4.39 Å². The molecule has 0 saturated carbocycles. The van der Waals surface area contributed by atoms with Crippen LogP contribution < -0.4 is 5.32 Å². The molecule has 0 atom stereocenters. The van der Waals surface area contributed by atoms with Gasteiger partial charge in [-0.3, -0.25) is 0 Å². The highest BCUT2D eigenvalue weighted by Gasteiger charge is 2.04. The normalized spacial score (nSPS) is 11.0. The summed E-state index contributed by atoms with van der Waals surface area (Å²) in [6.45, 7) is 4.98. The molecule has 0 amide bonds. The summed E-state index contributed by atoms with van der Waals surface area (Å²) < 4.78 is 13.1. The summed E-state index contributed by atoms with van der Waals surface area (Å²) >= 11 is 5.60. The molecule has 15 heavy (non-hydrogen) atoms. The summed E-state index contributed by atoms with van der Waals surface area (Å²) in [6.07, 6.45) is 2.18. The van der Waals surface area contributed by atoms with Gasteiger partial charge < -0.3 is 5.32 Å². The highest BCUT2D eigenvalue weighted by molar-refractivity contribution is 6.30. The molecule has 1 aromatic carbocycles. The van der Waals surface area contributed by atoms with E-state index < -0.39 is 0 Å². The Hall–Kier alpha value is -0.600. The summed E-state index contributed by atoms with van der Waals surface area (Å²) in [6, 6.07) is 5.43. The highest BCUT2D eigenvalue weighted by atomic mass is 35.5. The Morgan fingerprint density at radius 1 is 1.33 bits per heavy atom. The first-order valence-corrected chi connectivity index (χ1v) is 5.72. The van der Waals surface area contributed by atoms with Crippen LogP contribution in [-0.2, 0) is 6.54 Å². The minimum atomic E-state index is -0.347. The maximum absolute atomic E-state index is 13.1. The van der Waals surface area contributed by atoms with Gasteiger partial charge in [0.1, 0.15) is 5.82 Å². The van der Waals surface area contributed by atoms with Gasteiger partial charge in [0.05, 0.1) is 5.02 Å². The molecule has 0 saturated heterocycles. The molecule has 0 aliphatic heterocycles. The third kappa shape index (κ3) is 3.80. The first-order chi connectivity index (χ1) is 7.17. The molecule has 0 bridgehead atoms. The second-order valence-corrected chi connectivity index (χ2v) is 4.05. The van der Waals surface area contributed by atoms with Crippen molar-refractivity contribution in [3.8, 4) is 0 Å². The van der Waals surface area contributed by atoms with Crippen molar-refractivity contribution in [2.75, 3.05) is 0 Å². The number of hydrogen-bond acceptors (Lipinski definition) is 1. The lowest BCUT2D eigenvalue weighted by Gasteiger charge is -2.14. The largest absolute Gasteiger partial charge is 0.310 e. The molecular weight excluding hydrogens is 213 g/mol. The molecule has 0 aromatic heterocycles. The molecule has 1 N–H and O–H groups in total. The molecule has 0 fully saturated rings. The molecule has 0 unspecified atom stereocenters. The van der Waals surface area contributed by atoms with Crippen LogP contribution in [0, 0.1) is 5.82 Å². The fraction of sp³-hybridized carbons (Fsp3) is 0.500. The van der Waals surface area contributed by atoms with Gasteiger partial charge in [-0.25, -0.2) is 4.39 Å². The number of nitrogens with one attached hydrogen (secondary N) is 1. The van der Waals surface area contributed by atoms with Crippen LogP contribution in [0.1, 0.15) is 32.3 Å². The molecule has 0 radical (unpaired) electrons. The zero-order valence-electron chi connectivity index (χ0n) is 9.19. The molecule has 0 heterocycles. The van der Waals surface area contributed by atoms with Gasteiger partial charge in [-0.15, -0.1) is 0 Å². The predicted octanol–water partition coefficient (Wildman–Crippen LogP) is 3.76. The quantitative estimate of drug-likeness (QED) is 0.811. The summed E-state index contributed by atoms with van der Waals surface area (Å²) in [5.74, 6) is -0.347. The van der Waals surface area contributed by atoms with Crippen molar-refractivity contribution >= 4 is 11.6 Å². The molecule has 1 nitrogen and oxygen atoms in total. The first kappa shape index (κ1) is 12.5. The van der Waals surface area contributed by atoms with E-state index in [-0.39, 0.29) is 10.8 Å². The minimum Gasteiger partial charge on any atom is -0.310 e. The Morgan fingerprint density at radius 3 is 2.53 bits per heavy atom. The van der Waals surface area contributed by atoms with E-state index in [1.54, 1.807) is 6.07 Å². The second-order valence-electron chi connectivity index (χ2n) is 3.64. The van der Waals surface area contributed by atoms with Crippen molar-refractivity contribution in [1.29, 1.82) is 0 Å². The van der Waals surface area contributed by atoms with Crippen molar-refractivity contribution in [2.24, 2.45) is 0 Å². The third-order valence-corrected chi connectivity index (χ3v) is 2.87. The summed E-state index contributed by atoms with van der Waals surface area (Å²) in [4.78, 5) is 0. The smallest absolute Gasteiger partial charge is 0.142 e. The van der Waals surface area contributed by atoms with Gasteiger partial charge in [0.15, 0.2) is 0 Å². The average Bonchev–Trinajstić information content (AvgIpc) is 2.24. The van der Waals surface area contributed by atoms with Crippen LogP contribution in [0.2, 0.25) is 5.02 Å². The lowest BCUT2D eigenvalue weighted by atomic mass is 10.1. The van der Waals surface area contributed by atoms with Crippen molar-refractivity contribution < 1.29 is 4.39 Å². The fourth-order valence-electron chi connectivity index (χ4n) is 1.49. The number of rotatable bonds is 5. The van der Waals surface area contributed by atoms with Crippen molar-refractivity contribution in [3.05, 3.63) is 34.6 Å². The van der Waals surface area contributed by atoms with E-state index in [0.29, 0.717) is 12.6 Å². The topological polar surface area (TPSA) is 12.0 Å². The molecule has 3 heteroatoms. The monoisotopic (exact) mass is 229 g/mol. The van der Waals surface area contributed by atoms with E-state index in [4.69, 9.17) is 11.6 Å². The molecule has 0 aliphatic rings. The van der Waals surface area contributed by atoms with Crippen molar-refractivity contribution in [3.63, 3.8) is 0 Å². The Morgan fingerprint density at radius 2 is 2.00 bits per heavy atom. The molecule has 1 rings (SSSR count). The standard InChI is InChI=1S/C12H17ClFN/c1-3-10(4-2)15-8-9-5-6-11(13)12(14)7-9/h5-7,10,15H,3-4,8H2,1-2H3. The number of benzene rings is 1. The molecule has 1 aromatic rings. The van der Waals surface area contributed by atoms with Crippen LogP contribution >= 0.6 is 11.6 Å². The van der Waals surface area contributed by atoms with Gasteiger partial charge in [-0.1, -0.05) is 31.5 Å². The second kappa shape index (κ2) is 6.09. The minimum absolute atomic E-state index is 0.182. The van der Waals surface area contributed by atoms with Gasteiger partial charge in [-0.2, -0.15) is 0 Å². The van der Waals surface area contributed by atoms with Gasteiger partial charge in [0.25, 0.3) is 0 Å². The Balaban J connectivity index is 2.54. The molecule has 0 spiro atoms. The SMILES string of the molecule is CCC(CC)NCc1ccc(Cl)c(F)c1. The summed E-state index contributed by atoms with van der Waals surface area (Å²) in [5.41, 5.74) is 0.934. The van der Waals surface area contributed by atoms with E-state index in [2.05, 4.69) is 19.2 Å². The van der Waals surface area contributed by atoms with Crippen LogP contribution in [-0.4, -0.2) is 6.04 Å². The Bertz CT molecular complexity index is 310. The van der Waals surface area contributed by atoms with E-state index in [0.717, 1.165) is 18.4 Å². The van der Waals surface area contributed by atoms with Crippen molar-refractivity contribution in [1.82, 2.24) is 5.32 Å². The maximum Gasteiger partial charge on any atom is 0.142 e. The summed E-state index contributed by atoms with van der Waals surface area (Å²) in [7, 11) is 0. The number of hydrogen-bond donors (Lipinski definition) is 1. The molecular formula is C12H17ClFN. The lowest BCUT2D eigenvalue weighted by molar-refractivity contribution is 0.483. The van der Waals surface area contributed by atoms with Gasteiger partial charge in [0.2, 0.25) is 0 Å². The van der Waals surface area contributed by atoms with E-state index in [9.17, 15) is 4.39 Å². The lowest BCUT2D eigenvalue weighted by Crippen LogP contribution is -2.26. The van der Waals surface area contributed by atoms with Gasteiger partial charge in [-0.05, 0) is 30.5 Å². The van der Waals surface area contributed by atoms with Crippen molar-refractivity contribution in [2.45, 2.75) is 39.3 Å². The molecule has 0 aliphatic carbocycles. The van der Waals surface area contributed by atoms with E-state index in [1.807, 2.05) is 6.07 Å². The highest BCUT2D eigenvalue weighted by Crippen LogP contribution is 2.15. The fourth-order valence-corrected chi connectivity index (χ4v) is 1.61. The Labute approximate surface area is 95.6 Å². The Kier molecular flexibility index (Phi) is 5.06. The van der Waals surface area contributed by atoms with E-state index >= 15 is 0 Å². The van der Waals surface area contributed by atoms with Crippen LogP contribution in [0.3, 0.4) is 0 Å². The van der Waals surface area contributed by atoms with Crippen LogP contribution in [0.15, 0.2) is 18.2 Å². The number of halogens is 2. The van der Waals surface area contributed by atoms with E-state index in [1.165, 1.54) is 6.07 Å². The predicted molar refractivity (Wildman–Crippen MR) is 62.6 cm³/mol. The maximum atomic E-state index is 13.1. The van der Waals surface area contributed by atoms with Crippen LogP contribution in [0.25, 0.3) is 0 Å². The average molecular weight is 230 g/mol. The van der Waals surface area contributed by atoms with Gasteiger partial charge in [0, 0.05) is 12.6 Å². The zero-order valence-corrected chi connectivity index (χ0v) is 9.94. The first-order valence-electron chi connectivity index (χ1n) is 5.34. The zero-order chi connectivity index (χ0) is 11.3. The van der Waals surface area contributed by atoms with Gasteiger partial charge >= 0.3 is 0 Å². The third-order valence-electron chi connectivity index (χ3n) is 2.56.